The van der Waals surface area contributed by atoms with Gasteiger partial charge in [0.15, 0.2) is 0 Å². The summed E-state index contributed by atoms with van der Waals surface area (Å²) in [5, 5.41) is 0. The molecule has 1 aliphatic rings. The average Bonchev–Trinajstić information content (AvgIpc) is 2.11. The van der Waals surface area contributed by atoms with Gasteiger partial charge in [0.1, 0.15) is 0 Å². The first kappa shape index (κ1) is 12.0. The number of nitrogens with zero attached hydrogens (tertiary/aromatic N) is 1. The van der Waals surface area contributed by atoms with Gasteiger partial charge in [0.05, 0.1) is 0 Å². The molecule has 1 atom stereocenters. The van der Waals surface area contributed by atoms with Crippen molar-refractivity contribution in [3.63, 3.8) is 0 Å². The summed E-state index contributed by atoms with van der Waals surface area (Å²) in [4.78, 5) is 2.74. The van der Waals surface area contributed by atoms with Gasteiger partial charge in [-0.3, -0.25) is 4.90 Å². The van der Waals surface area contributed by atoms with Crippen molar-refractivity contribution in [2.75, 3.05) is 6.54 Å². The van der Waals surface area contributed by atoms with Crippen LogP contribution in [0.2, 0.25) is 0 Å². The molecule has 0 saturated carbocycles. The molecule has 0 spiro atoms. The van der Waals surface area contributed by atoms with E-state index in [0.717, 1.165) is 12.1 Å². The zero-order valence-electron chi connectivity index (χ0n) is 10.6. The lowest BCUT2D eigenvalue weighted by Crippen LogP contribution is -2.58. The predicted octanol–water partition coefficient (Wildman–Crippen LogP) is 3.69. The molecule has 0 radical (unpaired) electrons. The molecule has 1 fully saturated rings. The van der Waals surface area contributed by atoms with Crippen molar-refractivity contribution >= 4 is 0 Å². The van der Waals surface area contributed by atoms with Crippen LogP contribution < -0.4 is 0 Å². The van der Waals surface area contributed by atoms with Gasteiger partial charge in [-0.25, -0.2) is 0 Å². The summed E-state index contributed by atoms with van der Waals surface area (Å²) < 4.78 is 0. The van der Waals surface area contributed by atoms with Gasteiger partial charge >= 0.3 is 0 Å². The number of hydrogen-bond acceptors (Lipinski definition) is 1. The van der Waals surface area contributed by atoms with E-state index in [2.05, 4.69) is 39.5 Å². The monoisotopic (exact) mass is 197 g/mol. The Morgan fingerprint density at radius 2 is 1.79 bits per heavy atom. The van der Waals surface area contributed by atoms with Crippen LogP contribution in [0.5, 0.6) is 0 Å². The zero-order chi connectivity index (χ0) is 10.8. The van der Waals surface area contributed by atoms with Crippen molar-refractivity contribution in [1.82, 2.24) is 4.90 Å². The summed E-state index contributed by atoms with van der Waals surface area (Å²) in [7, 11) is 0. The highest BCUT2D eigenvalue weighted by Gasteiger charge is 2.41. The highest BCUT2D eigenvalue weighted by molar-refractivity contribution is 4.95. The maximum Gasteiger partial charge on any atom is 0.0161 e. The molecule has 0 bridgehead atoms. The fourth-order valence-corrected chi connectivity index (χ4v) is 2.68. The van der Waals surface area contributed by atoms with E-state index in [1.54, 1.807) is 0 Å². The minimum absolute atomic E-state index is 0.515. The van der Waals surface area contributed by atoms with Crippen molar-refractivity contribution in [1.29, 1.82) is 0 Å². The first-order valence-electron chi connectivity index (χ1n) is 6.32. The summed E-state index contributed by atoms with van der Waals surface area (Å²) in [6, 6.07) is 1.68. The van der Waals surface area contributed by atoms with Crippen LogP contribution in [-0.4, -0.2) is 23.5 Å². The van der Waals surface area contributed by atoms with E-state index in [0.29, 0.717) is 5.41 Å². The lowest BCUT2D eigenvalue weighted by molar-refractivity contribution is -0.0347. The molecule has 1 nitrogen and oxygen atoms in total. The van der Waals surface area contributed by atoms with Crippen molar-refractivity contribution in [2.45, 2.75) is 72.4 Å². The Hall–Kier alpha value is -0.0400. The molecular weight excluding hydrogens is 170 g/mol. The zero-order valence-corrected chi connectivity index (χ0v) is 10.6. The largest absolute Gasteiger partial charge is 0.297 e. The van der Waals surface area contributed by atoms with Gasteiger partial charge < -0.3 is 0 Å². The Bertz CT molecular complexity index is 170. The van der Waals surface area contributed by atoms with E-state index in [1.165, 1.54) is 32.2 Å². The molecule has 0 aliphatic carbocycles. The van der Waals surface area contributed by atoms with Gasteiger partial charge in [-0.05, 0) is 31.1 Å². The second-order valence-corrected chi connectivity index (χ2v) is 5.35. The van der Waals surface area contributed by atoms with Gasteiger partial charge in [0, 0.05) is 18.6 Å². The van der Waals surface area contributed by atoms with Crippen LogP contribution in [0, 0.1) is 5.41 Å². The maximum atomic E-state index is 2.74. The molecule has 1 aliphatic heterocycles. The van der Waals surface area contributed by atoms with E-state index < -0.39 is 0 Å². The normalized spacial score (nSPS) is 24.0. The van der Waals surface area contributed by atoms with Gasteiger partial charge in [-0.15, -0.1) is 0 Å². The second-order valence-electron chi connectivity index (χ2n) is 5.35. The summed E-state index contributed by atoms with van der Waals surface area (Å²) in [6.45, 7) is 13.1. The third-order valence-corrected chi connectivity index (χ3v) is 4.29. The van der Waals surface area contributed by atoms with E-state index >= 15 is 0 Å². The van der Waals surface area contributed by atoms with Gasteiger partial charge in [-0.1, -0.05) is 34.6 Å². The van der Waals surface area contributed by atoms with Crippen LogP contribution in [-0.2, 0) is 0 Å². The van der Waals surface area contributed by atoms with Crippen molar-refractivity contribution in [3.8, 4) is 0 Å². The van der Waals surface area contributed by atoms with Crippen LogP contribution >= 0.6 is 0 Å². The fourth-order valence-electron chi connectivity index (χ4n) is 2.68. The first-order chi connectivity index (χ1) is 6.56. The molecular formula is C13H27N. The Balaban J connectivity index is 2.57. The van der Waals surface area contributed by atoms with E-state index in [9.17, 15) is 0 Å². The minimum Gasteiger partial charge on any atom is -0.297 e. The molecule has 0 amide bonds. The Morgan fingerprint density at radius 1 is 1.21 bits per heavy atom. The molecule has 14 heavy (non-hydrogen) atoms. The Kier molecular flexibility index (Phi) is 4.00. The quantitative estimate of drug-likeness (QED) is 0.650. The van der Waals surface area contributed by atoms with E-state index in [-0.39, 0.29) is 0 Å². The summed E-state index contributed by atoms with van der Waals surface area (Å²) in [5.74, 6) is 0. The van der Waals surface area contributed by atoms with Crippen molar-refractivity contribution < 1.29 is 0 Å². The maximum absolute atomic E-state index is 2.74. The lowest BCUT2D eigenvalue weighted by Gasteiger charge is -2.53. The first-order valence-corrected chi connectivity index (χ1v) is 6.32. The number of hydrogen-bond donors (Lipinski definition) is 0. The molecule has 1 heteroatoms. The molecule has 0 aromatic heterocycles. The van der Waals surface area contributed by atoms with Crippen LogP contribution in [0.25, 0.3) is 0 Å². The lowest BCUT2D eigenvalue weighted by atomic mass is 9.74. The van der Waals surface area contributed by atoms with Gasteiger partial charge in [0.25, 0.3) is 0 Å². The molecule has 0 N–H and O–H groups in total. The smallest absolute Gasteiger partial charge is 0.0161 e. The standard InChI is InChI=1S/C13H27N/c1-6-11(7-2)14-10-9-12(14)13(4,5)8-3/h11-12H,6-10H2,1-5H3. The van der Waals surface area contributed by atoms with Gasteiger partial charge in [0.2, 0.25) is 0 Å². The Morgan fingerprint density at radius 3 is 2.07 bits per heavy atom. The van der Waals surface area contributed by atoms with E-state index in [4.69, 9.17) is 0 Å². The second kappa shape index (κ2) is 4.65. The third-order valence-electron chi connectivity index (χ3n) is 4.29. The van der Waals surface area contributed by atoms with Crippen LogP contribution in [0.4, 0.5) is 0 Å². The molecule has 1 heterocycles. The van der Waals surface area contributed by atoms with Crippen molar-refractivity contribution in [2.24, 2.45) is 5.41 Å². The minimum atomic E-state index is 0.515. The summed E-state index contributed by atoms with van der Waals surface area (Å²) in [5.41, 5.74) is 0.515. The fraction of sp³-hybridized carbons (Fsp3) is 1.00. The average molecular weight is 197 g/mol. The molecule has 0 aromatic carbocycles. The Labute approximate surface area is 89.9 Å². The van der Waals surface area contributed by atoms with Crippen LogP contribution in [0.15, 0.2) is 0 Å². The highest BCUT2D eigenvalue weighted by atomic mass is 15.2. The SMILES string of the molecule is CCC(CC)N1CCC1C(C)(C)CC. The summed E-state index contributed by atoms with van der Waals surface area (Å²) in [6.07, 6.45) is 5.34. The van der Waals surface area contributed by atoms with Crippen molar-refractivity contribution in [3.05, 3.63) is 0 Å². The van der Waals surface area contributed by atoms with E-state index in [1.807, 2.05) is 0 Å². The topological polar surface area (TPSA) is 3.24 Å². The highest BCUT2D eigenvalue weighted by Crippen LogP contribution is 2.38. The molecule has 84 valence electrons. The molecule has 1 unspecified atom stereocenters. The van der Waals surface area contributed by atoms with Crippen LogP contribution in [0.1, 0.15) is 60.3 Å². The van der Waals surface area contributed by atoms with Crippen LogP contribution in [0.3, 0.4) is 0 Å². The number of likely N-dealkylation sites (tertiary alicyclic amines) is 1. The third kappa shape index (κ3) is 2.13. The molecule has 1 saturated heterocycles. The molecule has 1 rings (SSSR count). The number of rotatable bonds is 5. The predicted molar refractivity (Wildman–Crippen MR) is 63.6 cm³/mol. The molecule has 0 aromatic rings. The van der Waals surface area contributed by atoms with Gasteiger partial charge in [-0.2, -0.15) is 0 Å². The summed E-state index contributed by atoms with van der Waals surface area (Å²) >= 11 is 0.